The van der Waals surface area contributed by atoms with Crippen LogP contribution in [0.5, 0.6) is 5.75 Å². The summed E-state index contributed by atoms with van der Waals surface area (Å²) in [4.78, 5) is 14.5. The standard InChI is InChI=1S/C28H23FN6O/c1-35(2)20-8-17(13-30-15-20)18-10-24-27(33-34-28(24)31-14-18)26-12-23-22(5-4-6-25(23)32-26)16-7-19(29)11-21(9-16)36-3/h4-15,32H,1-3H3,(H,31,33,34). The van der Waals surface area contributed by atoms with Crippen molar-refractivity contribution in [1.82, 2.24) is 25.1 Å². The summed E-state index contributed by atoms with van der Waals surface area (Å²) in [5.74, 6) is 0.131. The molecule has 0 aliphatic heterocycles. The summed E-state index contributed by atoms with van der Waals surface area (Å²) >= 11 is 0. The van der Waals surface area contributed by atoms with Gasteiger partial charge in [0.1, 0.15) is 11.6 Å². The quantitative estimate of drug-likeness (QED) is 0.315. The first-order chi connectivity index (χ1) is 17.5. The lowest BCUT2D eigenvalue weighted by atomic mass is 10.0. The van der Waals surface area contributed by atoms with Crippen LogP contribution in [-0.2, 0) is 0 Å². The first-order valence-electron chi connectivity index (χ1n) is 11.4. The molecule has 2 aromatic carbocycles. The van der Waals surface area contributed by atoms with Gasteiger partial charge in [-0.15, -0.1) is 0 Å². The highest BCUT2D eigenvalue weighted by molar-refractivity contribution is 6.01. The maximum absolute atomic E-state index is 14.2. The van der Waals surface area contributed by atoms with Crippen LogP contribution in [0.3, 0.4) is 0 Å². The van der Waals surface area contributed by atoms with E-state index in [9.17, 15) is 4.39 Å². The second-order valence-electron chi connectivity index (χ2n) is 8.85. The van der Waals surface area contributed by atoms with E-state index in [4.69, 9.17) is 4.74 Å². The molecule has 36 heavy (non-hydrogen) atoms. The zero-order valence-corrected chi connectivity index (χ0v) is 20.0. The van der Waals surface area contributed by atoms with E-state index in [1.165, 1.54) is 19.2 Å². The molecule has 8 heteroatoms. The Bertz CT molecular complexity index is 1740. The zero-order chi connectivity index (χ0) is 24.8. The first-order valence-corrected chi connectivity index (χ1v) is 11.4. The molecular weight excluding hydrogens is 455 g/mol. The number of pyridine rings is 2. The van der Waals surface area contributed by atoms with Gasteiger partial charge in [0.2, 0.25) is 0 Å². The van der Waals surface area contributed by atoms with Crippen LogP contribution in [0, 0.1) is 5.82 Å². The number of rotatable bonds is 5. The van der Waals surface area contributed by atoms with E-state index in [0.717, 1.165) is 55.6 Å². The minimum Gasteiger partial charge on any atom is -0.497 e. The SMILES string of the molecule is COc1cc(F)cc(-c2cccc3[nH]c(-c4[nH]nc5ncc(-c6cncc(N(C)C)c6)cc45)cc23)c1. The number of halogens is 1. The molecule has 6 rings (SSSR count). The first kappa shape index (κ1) is 21.8. The molecule has 2 N–H and O–H groups in total. The average Bonchev–Trinajstić information content (AvgIpc) is 3.51. The summed E-state index contributed by atoms with van der Waals surface area (Å²) in [6.45, 7) is 0. The molecule has 4 aromatic heterocycles. The van der Waals surface area contributed by atoms with Crippen LogP contribution in [0.15, 0.2) is 73.2 Å². The molecule has 0 radical (unpaired) electrons. The van der Waals surface area contributed by atoms with Gasteiger partial charge in [-0.2, -0.15) is 5.10 Å². The predicted molar refractivity (Wildman–Crippen MR) is 141 cm³/mol. The molecule has 0 spiro atoms. The molecule has 0 bridgehead atoms. The van der Waals surface area contributed by atoms with Crippen LogP contribution in [0.2, 0.25) is 0 Å². The van der Waals surface area contributed by atoms with Gasteiger partial charge in [0.25, 0.3) is 0 Å². The minimum atomic E-state index is -0.344. The second kappa shape index (κ2) is 8.49. The van der Waals surface area contributed by atoms with E-state index >= 15 is 0 Å². The third-order valence-electron chi connectivity index (χ3n) is 6.33. The molecule has 0 unspecified atom stereocenters. The van der Waals surface area contributed by atoms with E-state index in [0.29, 0.717) is 11.4 Å². The van der Waals surface area contributed by atoms with E-state index in [2.05, 4.69) is 43.3 Å². The van der Waals surface area contributed by atoms with Crippen LogP contribution in [0.4, 0.5) is 10.1 Å². The van der Waals surface area contributed by atoms with Gasteiger partial charge in [0.05, 0.1) is 30.4 Å². The monoisotopic (exact) mass is 478 g/mol. The Hall–Kier alpha value is -4.72. The van der Waals surface area contributed by atoms with E-state index < -0.39 is 0 Å². The maximum Gasteiger partial charge on any atom is 0.181 e. The highest BCUT2D eigenvalue weighted by atomic mass is 19.1. The van der Waals surface area contributed by atoms with Crippen molar-refractivity contribution < 1.29 is 9.13 Å². The Balaban J connectivity index is 1.47. The number of hydrogen-bond acceptors (Lipinski definition) is 5. The van der Waals surface area contributed by atoms with Crippen molar-refractivity contribution in [3.05, 3.63) is 79.0 Å². The fraction of sp³-hybridized carbons (Fsp3) is 0.107. The van der Waals surface area contributed by atoms with Crippen LogP contribution in [-0.4, -0.2) is 46.4 Å². The Morgan fingerprint density at radius 2 is 1.75 bits per heavy atom. The highest BCUT2D eigenvalue weighted by Gasteiger charge is 2.15. The fourth-order valence-electron chi connectivity index (χ4n) is 4.47. The predicted octanol–water partition coefficient (Wildman–Crippen LogP) is 6.05. The number of H-pyrrole nitrogens is 2. The smallest absolute Gasteiger partial charge is 0.181 e. The van der Waals surface area contributed by atoms with Crippen molar-refractivity contribution in [2.24, 2.45) is 0 Å². The van der Waals surface area contributed by atoms with E-state index in [-0.39, 0.29) is 5.82 Å². The van der Waals surface area contributed by atoms with Crippen molar-refractivity contribution in [1.29, 1.82) is 0 Å². The number of anilines is 1. The maximum atomic E-state index is 14.2. The molecule has 0 aliphatic carbocycles. The van der Waals surface area contributed by atoms with Crippen LogP contribution < -0.4 is 9.64 Å². The summed E-state index contributed by atoms with van der Waals surface area (Å²) in [5.41, 5.74) is 7.83. The van der Waals surface area contributed by atoms with Crippen molar-refractivity contribution >= 4 is 27.6 Å². The number of hydrogen-bond donors (Lipinski definition) is 2. The molecule has 6 aromatic rings. The van der Waals surface area contributed by atoms with Crippen LogP contribution in [0.1, 0.15) is 0 Å². The zero-order valence-electron chi connectivity index (χ0n) is 20.0. The molecule has 0 aliphatic rings. The molecule has 7 nitrogen and oxygen atoms in total. The van der Waals surface area contributed by atoms with Crippen molar-refractivity contribution in [3.63, 3.8) is 0 Å². The summed E-state index contributed by atoms with van der Waals surface area (Å²) in [6.07, 6.45) is 5.47. The van der Waals surface area contributed by atoms with Gasteiger partial charge >= 0.3 is 0 Å². The third-order valence-corrected chi connectivity index (χ3v) is 6.33. The number of ether oxygens (including phenoxy) is 1. The highest BCUT2D eigenvalue weighted by Crippen LogP contribution is 2.36. The number of nitrogens with one attached hydrogen (secondary N) is 2. The molecule has 0 atom stereocenters. The van der Waals surface area contributed by atoms with Crippen LogP contribution in [0.25, 0.3) is 55.6 Å². The topological polar surface area (TPSA) is 82.7 Å². The summed E-state index contributed by atoms with van der Waals surface area (Å²) < 4.78 is 19.5. The Labute approximate surface area is 206 Å². The third kappa shape index (κ3) is 3.73. The Morgan fingerprint density at radius 3 is 2.58 bits per heavy atom. The molecule has 0 saturated heterocycles. The second-order valence-corrected chi connectivity index (χ2v) is 8.85. The summed E-state index contributed by atoms with van der Waals surface area (Å²) in [5, 5.41) is 9.41. The van der Waals surface area contributed by atoms with Gasteiger partial charge in [-0.05, 0) is 47.5 Å². The van der Waals surface area contributed by atoms with Gasteiger partial charge in [-0.3, -0.25) is 10.1 Å². The molecular formula is C28H23FN6O. The number of fused-ring (bicyclic) bond motifs is 2. The molecule has 178 valence electrons. The lowest BCUT2D eigenvalue weighted by molar-refractivity contribution is 0.411. The Kier molecular flexibility index (Phi) is 5.14. The van der Waals surface area contributed by atoms with Crippen LogP contribution >= 0.6 is 0 Å². The van der Waals surface area contributed by atoms with E-state index in [1.54, 1.807) is 0 Å². The number of methoxy groups -OCH3 is 1. The van der Waals surface area contributed by atoms with Gasteiger partial charge in [-0.25, -0.2) is 9.37 Å². The molecule has 0 amide bonds. The largest absolute Gasteiger partial charge is 0.497 e. The number of aromatic amines is 2. The normalized spacial score (nSPS) is 11.3. The minimum absolute atomic E-state index is 0.344. The van der Waals surface area contributed by atoms with Crippen molar-refractivity contribution in [2.75, 3.05) is 26.1 Å². The number of benzene rings is 2. The number of aromatic nitrogens is 5. The molecule has 4 heterocycles. The van der Waals surface area contributed by atoms with Crippen molar-refractivity contribution in [3.8, 4) is 39.4 Å². The Morgan fingerprint density at radius 1 is 0.889 bits per heavy atom. The van der Waals surface area contributed by atoms with Crippen molar-refractivity contribution in [2.45, 2.75) is 0 Å². The lowest BCUT2D eigenvalue weighted by Crippen LogP contribution is -2.08. The summed E-state index contributed by atoms with van der Waals surface area (Å²) in [6, 6.07) is 16.9. The van der Waals surface area contributed by atoms with Gasteiger partial charge < -0.3 is 14.6 Å². The fourth-order valence-corrected chi connectivity index (χ4v) is 4.47. The lowest BCUT2D eigenvalue weighted by Gasteiger charge is -2.12. The number of nitrogens with zero attached hydrogens (tertiary/aromatic N) is 4. The summed E-state index contributed by atoms with van der Waals surface area (Å²) in [7, 11) is 5.51. The molecule has 0 saturated carbocycles. The van der Waals surface area contributed by atoms with E-state index in [1.807, 2.05) is 61.9 Å². The van der Waals surface area contributed by atoms with Gasteiger partial charge in [0.15, 0.2) is 5.65 Å². The average molecular weight is 479 g/mol. The molecule has 0 fully saturated rings. The van der Waals surface area contributed by atoms with Gasteiger partial charge in [0, 0.05) is 60.0 Å². The van der Waals surface area contributed by atoms with Gasteiger partial charge in [-0.1, -0.05) is 12.1 Å².